The maximum atomic E-state index is 12.3. The van der Waals surface area contributed by atoms with Gasteiger partial charge in [-0.2, -0.15) is 13.2 Å². The monoisotopic (exact) mass is 295 g/mol. The van der Waals surface area contributed by atoms with Crippen LogP contribution in [0.2, 0.25) is 0 Å². The molecule has 0 radical (unpaired) electrons. The van der Waals surface area contributed by atoms with Gasteiger partial charge in [-0.05, 0) is 12.5 Å². The second-order valence-electron chi connectivity index (χ2n) is 4.10. The van der Waals surface area contributed by atoms with Crippen LogP contribution in [0.4, 0.5) is 23.9 Å². The number of amides is 1. The molecule has 0 fully saturated rings. The summed E-state index contributed by atoms with van der Waals surface area (Å²) in [5, 5.41) is 2.96. The highest BCUT2D eigenvalue weighted by Gasteiger charge is 2.30. The number of nitrogens with zero attached hydrogens (tertiary/aromatic N) is 1. The van der Waals surface area contributed by atoms with E-state index in [4.69, 9.17) is 5.73 Å². The van der Waals surface area contributed by atoms with Crippen molar-refractivity contribution < 1.29 is 18.0 Å². The first-order valence-electron chi connectivity index (χ1n) is 5.70. The molecule has 1 amide bonds. The van der Waals surface area contributed by atoms with Crippen LogP contribution in [0.1, 0.15) is 23.0 Å². The summed E-state index contributed by atoms with van der Waals surface area (Å²) in [6, 6.07) is 1.39. The fourth-order valence-electron chi connectivity index (χ4n) is 1.42. The number of halogens is 3. The van der Waals surface area contributed by atoms with Gasteiger partial charge in [-0.25, -0.2) is 0 Å². The van der Waals surface area contributed by atoms with Crippen molar-refractivity contribution in [2.24, 2.45) is 0 Å². The molecule has 0 unspecified atom stereocenters. The molecule has 1 heterocycles. The van der Waals surface area contributed by atoms with Crippen molar-refractivity contribution in [3.05, 3.63) is 10.9 Å². The van der Waals surface area contributed by atoms with Gasteiger partial charge in [0.1, 0.15) is 11.4 Å². The van der Waals surface area contributed by atoms with Gasteiger partial charge < -0.3 is 16.0 Å². The Balaban J connectivity index is 2.81. The molecule has 0 saturated heterocycles. The second-order valence-corrected chi connectivity index (χ2v) is 5.13. The molecule has 1 rings (SSSR count). The lowest BCUT2D eigenvalue weighted by Gasteiger charge is -2.18. The van der Waals surface area contributed by atoms with E-state index >= 15 is 0 Å². The smallest absolute Gasteiger partial charge is 0.397 e. The first-order valence-corrected chi connectivity index (χ1v) is 6.51. The number of carbonyl (C=O) groups excluding carboxylic acids is 1. The summed E-state index contributed by atoms with van der Waals surface area (Å²) in [6.45, 7) is 1.33. The Morgan fingerprint density at radius 3 is 2.68 bits per heavy atom. The first kappa shape index (κ1) is 15.6. The van der Waals surface area contributed by atoms with E-state index in [1.165, 1.54) is 13.1 Å². The van der Waals surface area contributed by atoms with Crippen LogP contribution in [0.25, 0.3) is 0 Å². The standard InChI is InChI=1S/C11H16F3N3OS/c1-3-4-16-10(18)9-7(15)5-8(19-9)17(2)6-11(12,13)14/h5H,3-4,6,15H2,1-2H3,(H,16,18). The number of nitrogen functional groups attached to an aromatic ring is 1. The third-order valence-electron chi connectivity index (χ3n) is 2.28. The Labute approximate surface area is 113 Å². The Hall–Kier alpha value is -1.44. The number of carbonyl (C=O) groups is 1. The Bertz CT molecular complexity index is 445. The molecule has 0 saturated carbocycles. The lowest BCUT2D eigenvalue weighted by molar-refractivity contribution is -0.119. The fourth-order valence-corrected chi connectivity index (χ4v) is 2.38. The number of hydrogen-bond acceptors (Lipinski definition) is 4. The van der Waals surface area contributed by atoms with E-state index in [-0.39, 0.29) is 16.5 Å². The Kier molecular flexibility index (Phi) is 5.04. The van der Waals surface area contributed by atoms with Gasteiger partial charge in [0.2, 0.25) is 0 Å². The van der Waals surface area contributed by atoms with Crippen LogP contribution in [0.15, 0.2) is 6.07 Å². The molecular formula is C11H16F3N3OS. The highest BCUT2D eigenvalue weighted by molar-refractivity contribution is 7.18. The minimum atomic E-state index is -4.29. The van der Waals surface area contributed by atoms with Gasteiger partial charge in [0.25, 0.3) is 5.91 Å². The van der Waals surface area contributed by atoms with Crippen LogP contribution >= 0.6 is 11.3 Å². The van der Waals surface area contributed by atoms with Gasteiger partial charge in [-0.15, -0.1) is 11.3 Å². The van der Waals surface area contributed by atoms with Crippen molar-refractivity contribution in [1.82, 2.24) is 5.32 Å². The van der Waals surface area contributed by atoms with Crippen molar-refractivity contribution in [3.63, 3.8) is 0 Å². The maximum Gasteiger partial charge on any atom is 0.405 e. The zero-order valence-electron chi connectivity index (χ0n) is 10.7. The molecule has 0 spiro atoms. The summed E-state index contributed by atoms with van der Waals surface area (Å²) >= 11 is 0.956. The number of nitrogens with two attached hydrogens (primary N) is 1. The molecule has 0 atom stereocenters. The summed E-state index contributed by atoms with van der Waals surface area (Å²) in [5.41, 5.74) is 5.85. The molecule has 0 aliphatic heterocycles. The minimum absolute atomic E-state index is 0.197. The summed E-state index contributed by atoms with van der Waals surface area (Å²) in [6.07, 6.45) is -3.52. The Morgan fingerprint density at radius 2 is 2.16 bits per heavy atom. The predicted molar refractivity (Wildman–Crippen MR) is 70.7 cm³/mol. The van der Waals surface area contributed by atoms with Gasteiger partial charge in [-0.3, -0.25) is 4.79 Å². The molecule has 3 N–H and O–H groups in total. The average Bonchev–Trinajstić information content (AvgIpc) is 2.66. The third kappa shape index (κ3) is 4.62. The van der Waals surface area contributed by atoms with Crippen LogP contribution in [0.5, 0.6) is 0 Å². The number of rotatable bonds is 5. The number of nitrogens with one attached hydrogen (secondary N) is 1. The van der Waals surface area contributed by atoms with Crippen molar-refractivity contribution in [2.45, 2.75) is 19.5 Å². The topological polar surface area (TPSA) is 58.4 Å². The van der Waals surface area contributed by atoms with Crippen LogP contribution in [-0.2, 0) is 0 Å². The van der Waals surface area contributed by atoms with Crippen LogP contribution in [0, 0.1) is 0 Å². The minimum Gasteiger partial charge on any atom is -0.397 e. The molecule has 4 nitrogen and oxygen atoms in total. The van der Waals surface area contributed by atoms with Gasteiger partial charge in [0.15, 0.2) is 0 Å². The van der Waals surface area contributed by atoms with E-state index in [1.807, 2.05) is 6.92 Å². The van der Waals surface area contributed by atoms with E-state index in [1.54, 1.807) is 0 Å². The van der Waals surface area contributed by atoms with Crippen LogP contribution in [0.3, 0.4) is 0 Å². The largest absolute Gasteiger partial charge is 0.405 e. The second kappa shape index (κ2) is 6.14. The van der Waals surface area contributed by atoms with E-state index in [2.05, 4.69) is 5.32 Å². The molecule has 0 aliphatic rings. The number of alkyl halides is 3. The molecule has 1 aromatic heterocycles. The fraction of sp³-hybridized carbons (Fsp3) is 0.545. The first-order chi connectivity index (χ1) is 8.74. The van der Waals surface area contributed by atoms with Crippen LogP contribution < -0.4 is 16.0 Å². The summed E-state index contributed by atoms with van der Waals surface area (Å²) in [4.78, 5) is 13.0. The Morgan fingerprint density at radius 1 is 1.53 bits per heavy atom. The van der Waals surface area contributed by atoms with Gasteiger partial charge in [-0.1, -0.05) is 6.92 Å². The van der Waals surface area contributed by atoms with E-state index < -0.39 is 12.7 Å². The van der Waals surface area contributed by atoms with Crippen molar-refractivity contribution in [3.8, 4) is 0 Å². The summed E-state index contributed by atoms with van der Waals surface area (Å²) in [5.74, 6) is -0.351. The summed E-state index contributed by atoms with van der Waals surface area (Å²) in [7, 11) is 1.31. The normalized spacial score (nSPS) is 11.4. The molecule has 0 bridgehead atoms. The SMILES string of the molecule is CCCNC(=O)c1sc(N(C)CC(F)(F)F)cc1N. The molecular weight excluding hydrogens is 279 g/mol. The lowest BCUT2D eigenvalue weighted by Crippen LogP contribution is -2.30. The average molecular weight is 295 g/mol. The molecule has 8 heteroatoms. The van der Waals surface area contributed by atoms with Gasteiger partial charge >= 0.3 is 6.18 Å². The van der Waals surface area contributed by atoms with E-state index in [0.717, 1.165) is 22.7 Å². The van der Waals surface area contributed by atoms with Crippen molar-refractivity contribution >= 4 is 27.9 Å². The van der Waals surface area contributed by atoms with Crippen LogP contribution in [-0.4, -0.2) is 32.2 Å². The number of hydrogen-bond donors (Lipinski definition) is 2. The van der Waals surface area contributed by atoms with Crippen molar-refractivity contribution in [1.29, 1.82) is 0 Å². The number of anilines is 2. The third-order valence-corrected chi connectivity index (χ3v) is 3.55. The molecule has 108 valence electrons. The molecule has 19 heavy (non-hydrogen) atoms. The predicted octanol–water partition coefficient (Wildman–Crippen LogP) is 2.47. The zero-order valence-corrected chi connectivity index (χ0v) is 11.5. The lowest BCUT2D eigenvalue weighted by atomic mass is 10.3. The maximum absolute atomic E-state index is 12.3. The highest BCUT2D eigenvalue weighted by Crippen LogP contribution is 2.33. The highest BCUT2D eigenvalue weighted by atomic mass is 32.1. The van der Waals surface area contributed by atoms with E-state index in [0.29, 0.717) is 11.5 Å². The quantitative estimate of drug-likeness (QED) is 0.877. The molecule has 1 aromatic rings. The van der Waals surface area contributed by atoms with Crippen molar-refractivity contribution in [2.75, 3.05) is 30.8 Å². The summed E-state index contributed by atoms with van der Waals surface area (Å²) < 4.78 is 36.8. The molecule has 0 aliphatic carbocycles. The zero-order chi connectivity index (χ0) is 14.6. The van der Waals surface area contributed by atoms with Gasteiger partial charge in [0.05, 0.1) is 10.7 Å². The molecule has 0 aromatic carbocycles. The van der Waals surface area contributed by atoms with E-state index in [9.17, 15) is 18.0 Å². The number of thiophene rings is 1. The van der Waals surface area contributed by atoms with Gasteiger partial charge in [0, 0.05) is 13.6 Å².